The first-order chi connectivity index (χ1) is 8.46. The van der Waals surface area contributed by atoms with E-state index in [1.165, 1.54) is 25.7 Å². The maximum absolute atomic E-state index is 10.8. The zero-order valence-electron chi connectivity index (χ0n) is 13.1. The van der Waals surface area contributed by atoms with E-state index < -0.39 is 0 Å². The fourth-order valence-electron chi connectivity index (χ4n) is 3.73. The average Bonchev–Trinajstić information content (AvgIpc) is 2.35. The van der Waals surface area contributed by atoms with E-state index in [9.17, 15) is 5.11 Å². The van der Waals surface area contributed by atoms with Gasteiger partial charge in [0.25, 0.3) is 0 Å². The lowest BCUT2D eigenvalue weighted by molar-refractivity contribution is -0.0539. The third-order valence-electron chi connectivity index (χ3n) is 5.23. The highest BCUT2D eigenvalue weighted by Crippen LogP contribution is 2.40. The molecule has 0 aromatic heterocycles. The Kier molecular flexibility index (Phi) is 6.13. The Morgan fingerprint density at radius 3 is 2.33 bits per heavy atom. The van der Waals surface area contributed by atoms with Crippen molar-refractivity contribution in [3.63, 3.8) is 0 Å². The Morgan fingerprint density at radius 1 is 1.28 bits per heavy atom. The number of nitrogens with zero attached hydrogens (tertiary/aromatic N) is 1. The number of rotatable bonds is 6. The molecule has 1 fully saturated rings. The van der Waals surface area contributed by atoms with Crippen LogP contribution in [0.1, 0.15) is 65.7 Å². The van der Waals surface area contributed by atoms with Gasteiger partial charge in [0.15, 0.2) is 0 Å². The van der Waals surface area contributed by atoms with Crippen molar-refractivity contribution < 1.29 is 5.11 Å². The molecule has 2 heteroatoms. The van der Waals surface area contributed by atoms with Crippen LogP contribution in [0.15, 0.2) is 0 Å². The molecule has 1 N–H and O–H groups in total. The molecule has 2 nitrogen and oxygen atoms in total. The van der Waals surface area contributed by atoms with Crippen LogP contribution in [0.2, 0.25) is 0 Å². The third kappa shape index (κ3) is 3.48. The summed E-state index contributed by atoms with van der Waals surface area (Å²) in [5.41, 5.74) is 0.0280. The van der Waals surface area contributed by atoms with Crippen molar-refractivity contribution in [2.75, 3.05) is 14.1 Å². The first-order valence-electron chi connectivity index (χ1n) is 7.81. The Labute approximate surface area is 114 Å². The molecule has 0 amide bonds. The van der Waals surface area contributed by atoms with E-state index in [0.29, 0.717) is 5.92 Å². The van der Waals surface area contributed by atoms with Crippen molar-refractivity contribution in [2.24, 2.45) is 11.8 Å². The summed E-state index contributed by atoms with van der Waals surface area (Å²) in [5, 5.41) is 10.8. The normalized spacial score (nSPS) is 31.0. The van der Waals surface area contributed by atoms with E-state index in [-0.39, 0.29) is 11.6 Å². The van der Waals surface area contributed by atoms with Crippen molar-refractivity contribution in [1.82, 2.24) is 4.90 Å². The first-order valence-corrected chi connectivity index (χ1v) is 7.81. The van der Waals surface area contributed by atoms with Crippen LogP contribution < -0.4 is 0 Å². The van der Waals surface area contributed by atoms with Crippen molar-refractivity contribution in [3.8, 4) is 0 Å². The molecular formula is C16H33NO. The summed E-state index contributed by atoms with van der Waals surface area (Å²) in [6, 6.07) is 0. The Morgan fingerprint density at radius 2 is 1.89 bits per heavy atom. The molecule has 0 aromatic carbocycles. The van der Waals surface area contributed by atoms with E-state index in [1.54, 1.807) is 0 Å². The Bertz CT molecular complexity index is 237. The molecule has 0 spiro atoms. The fourth-order valence-corrected chi connectivity index (χ4v) is 3.73. The van der Waals surface area contributed by atoms with Gasteiger partial charge < -0.3 is 10.0 Å². The Balaban J connectivity index is 2.77. The van der Waals surface area contributed by atoms with Crippen LogP contribution >= 0.6 is 0 Å². The van der Waals surface area contributed by atoms with Gasteiger partial charge in [-0.05, 0) is 45.2 Å². The van der Waals surface area contributed by atoms with Crippen LogP contribution in [0.5, 0.6) is 0 Å². The minimum atomic E-state index is -0.167. The number of hydrogen-bond acceptors (Lipinski definition) is 2. The highest BCUT2D eigenvalue weighted by molar-refractivity contribution is 4.98. The highest BCUT2D eigenvalue weighted by atomic mass is 16.3. The molecule has 1 rings (SSSR count). The van der Waals surface area contributed by atoms with Crippen LogP contribution in [0.3, 0.4) is 0 Å². The monoisotopic (exact) mass is 255 g/mol. The predicted octanol–water partition coefficient (Wildman–Crippen LogP) is 3.68. The second-order valence-corrected chi connectivity index (χ2v) is 6.63. The fraction of sp³-hybridized carbons (Fsp3) is 1.00. The quantitative estimate of drug-likeness (QED) is 0.782. The summed E-state index contributed by atoms with van der Waals surface area (Å²) in [6.45, 7) is 6.82. The standard InChI is InChI=1S/C16H33NO/c1-6-14(7-2)11-15(18)16(17(4)5)10-8-9-13(3)12-16/h13-15,18H,6-12H2,1-5H3. The SMILES string of the molecule is CCC(CC)CC(O)C1(N(C)C)CCCC(C)C1. The van der Waals surface area contributed by atoms with Crippen molar-refractivity contribution in [1.29, 1.82) is 0 Å². The van der Waals surface area contributed by atoms with Crippen LogP contribution in [-0.2, 0) is 0 Å². The van der Waals surface area contributed by atoms with E-state index >= 15 is 0 Å². The summed E-state index contributed by atoms with van der Waals surface area (Å²) in [7, 11) is 4.29. The van der Waals surface area contributed by atoms with Gasteiger partial charge in [-0.2, -0.15) is 0 Å². The summed E-state index contributed by atoms with van der Waals surface area (Å²) in [6.07, 6.45) is 8.08. The second kappa shape index (κ2) is 6.91. The highest BCUT2D eigenvalue weighted by Gasteiger charge is 2.43. The van der Waals surface area contributed by atoms with Crippen LogP contribution in [0.25, 0.3) is 0 Å². The van der Waals surface area contributed by atoms with Crippen molar-refractivity contribution in [3.05, 3.63) is 0 Å². The lowest BCUT2D eigenvalue weighted by Crippen LogP contribution is -2.56. The molecule has 0 aliphatic heterocycles. The first kappa shape index (κ1) is 16.0. The minimum Gasteiger partial charge on any atom is -0.391 e. The smallest absolute Gasteiger partial charge is 0.0726 e. The maximum atomic E-state index is 10.8. The number of aliphatic hydroxyl groups is 1. The molecule has 18 heavy (non-hydrogen) atoms. The van der Waals surface area contributed by atoms with Crippen molar-refractivity contribution in [2.45, 2.75) is 77.4 Å². The van der Waals surface area contributed by atoms with Gasteiger partial charge in [0.05, 0.1) is 6.10 Å². The minimum absolute atomic E-state index is 0.0280. The van der Waals surface area contributed by atoms with Crippen LogP contribution in [0.4, 0.5) is 0 Å². The summed E-state index contributed by atoms with van der Waals surface area (Å²) in [5.74, 6) is 1.42. The molecule has 3 unspecified atom stereocenters. The third-order valence-corrected chi connectivity index (χ3v) is 5.23. The molecule has 0 heterocycles. The number of likely N-dealkylation sites (N-methyl/N-ethyl adjacent to an activating group) is 1. The van der Waals surface area contributed by atoms with Gasteiger partial charge in [-0.3, -0.25) is 0 Å². The average molecular weight is 255 g/mol. The zero-order chi connectivity index (χ0) is 13.8. The lowest BCUT2D eigenvalue weighted by atomic mass is 9.70. The molecule has 1 aliphatic carbocycles. The largest absolute Gasteiger partial charge is 0.391 e. The molecule has 0 aromatic rings. The topological polar surface area (TPSA) is 23.5 Å². The molecule has 1 aliphatic rings. The van der Waals surface area contributed by atoms with Crippen molar-refractivity contribution >= 4 is 0 Å². The van der Waals surface area contributed by atoms with Gasteiger partial charge in [0, 0.05) is 5.54 Å². The molecule has 0 saturated heterocycles. The van der Waals surface area contributed by atoms with Gasteiger partial charge in [-0.25, -0.2) is 0 Å². The number of aliphatic hydroxyl groups excluding tert-OH is 1. The maximum Gasteiger partial charge on any atom is 0.0726 e. The lowest BCUT2D eigenvalue weighted by Gasteiger charge is -2.49. The van der Waals surface area contributed by atoms with E-state index in [2.05, 4.69) is 39.8 Å². The number of hydrogen-bond donors (Lipinski definition) is 1. The molecule has 0 radical (unpaired) electrons. The molecule has 3 atom stereocenters. The van der Waals surface area contributed by atoms with Gasteiger partial charge in [-0.1, -0.05) is 46.5 Å². The zero-order valence-corrected chi connectivity index (χ0v) is 13.1. The molecule has 108 valence electrons. The summed E-state index contributed by atoms with van der Waals surface area (Å²) >= 11 is 0. The van der Waals surface area contributed by atoms with E-state index in [4.69, 9.17) is 0 Å². The van der Waals surface area contributed by atoms with Crippen LogP contribution in [-0.4, -0.2) is 35.7 Å². The van der Waals surface area contributed by atoms with E-state index in [0.717, 1.165) is 25.2 Å². The van der Waals surface area contributed by atoms with Gasteiger partial charge in [-0.15, -0.1) is 0 Å². The Hall–Kier alpha value is -0.0800. The molecular weight excluding hydrogens is 222 g/mol. The summed E-state index contributed by atoms with van der Waals surface area (Å²) < 4.78 is 0. The van der Waals surface area contributed by atoms with E-state index in [1.807, 2.05) is 0 Å². The van der Waals surface area contributed by atoms with Gasteiger partial charge >= 0.3 is 0 Å². The van der Waals surface area contributed by atoms with Gasteiger partial charge in [0.2, 0.25) is 0 Å². The second-order valence-electron chi connectivity index (χ2n) is 6.63. The molecule has 1 saturated carbocycles. The van der Waals surface area contributed by atoms with Crippen LogP contribution in [0, 0.1) is 11.8 Å². The van der Waals surface area contributed by atoms with Gasteiger partial charge in [0.1, 0.15) is 0 Å². The summed E-state index contributed by atoms with van der Waals surface area (Å²) in [4.78, 5) is 2.30. The molecule has 0 bridgehead atoms. The predicted molar refractivity (Wildman–Crippen MR) is 78.7 cm³/mol.